The number of Topliss-reactive ketones (excluding diaryl/α,β-unsaturated/α-hetero) is 1. The average molecular weight is 485 g/mol. The van der Waals surface area contributed by atoms with Crippen LogP contribution in [0.2, 0.25) is 0 Å². The Morgan fingerprint density at radius 3 is 2.34 bits per heavy atom. The van der Waals surface area contributed by atoms with Gasteiger partial charge in [0, 0.05) is 23.2 Å². The lowest BCUT2D eigenvalue weighted by Gasteiger charge is -2.62. The Morgan fingerprint density at radius 2 is 1.66 bits per heavy atom. The Balaban J connectivity index is 1.33. The first-order valence-corrected chi connectivity index (χ1v) is 14.7. The van der Waals surface area contributed by atoms with Crippen molar-refractivity contribution in [1.29, 1.82) is 0 Å². The lowest BCUT2D eigenvalue weighted by Crippen LogP contribution is -2.59. The van der Waals surface area contributed by atoms with E-state index in [1.807, 2.05) is 13.8 Å². The van der Waals surface area contributed by atoms with Crippen LogP contribution in [0.1, 0.15) is 106 Å². The number of hydrogen-bond donors (Lipinski definition) is 2. The first kappa shape index (κ1) is 23.7. The molecule has 2 heterocycles. The number of carbonyl (C=O) groups excluding carboxylic acids is 1. The van der Waals surface area contributed by atoms with Crippen LogP contribution in [0.4, 0.5) is 0 Å². The molecule has 35 heavy (non-hydrogen) atoms. The molecule has 0 radical (unpaired) electrons. The summed E-state index contributed by atoms with van der Waals surface area (Å²) in [5.41, 5.74) is -1.06. The third-order valence-corrected chi connectivity index (χ3v) is 14.7. The zero-order valence-electron chi connectivity index (χ0n) is 23.1. The molecular weight excluding hydrogens is 436 g/mol. The summed E-state index contributed by atoms with van der Waals surface area (Å²) < 4.78 is 6.98. The summed E-state index contributed by atoms with van der Waals surface area (Å²) in [5.74, 6) is 2.40. The Hall–Kier alpha value is -0.450. The molecule has 7 rings (SSSR count). The molecule has 2 bridgehead atoms. The zero-order chi connectivity index (χ0) is 25.2. The molecule has 5 saturated carbocycles. The maximum Gasteiger partial charge on any atom is 0.138 e. The highest BCUT2D eigenvalue weighted by Crippen LogP contribution is 2.90. The number of ketones is 1. The monoisotopic (exact) mass is 484 g/mol. The van der Waals surface area contributed by atoms with E-state index in [0.29, 0.717) is 40.3 Å². The number of carbonyl (C=O) groups is 1. The van der Waals surface area contributed by atoms with Crippen LogP contribution < -0.4 is 0 Å². The minimum absolute atomic E-state index is 0.0395. The van der Waals surface area contributed by atoms with Crippen LogP contribution in [0.5, 0.6) is 0 Å². The third kappa shape index (κ3) is 2.26. The van der Waals surface area contributed by atoms with Gasteiger partial charge in [-0.25, -0.2) is 0 Å². The molecule has 3 spiro atoms. The molecule has 7 fully saturated rings. The van der Waals surface area contributed by atoms with Gasteiger partial charge in [-0.05, 0) is 105 Å². The van der Waals surface area contributed by atoms with Gasteiger partial charge in [-0.15, -0.1) is 0 Å². The van der Waals surface area contributed by atoms with Crippen LogP contribution in [-0.4, -0.2) is 39.4 Å². The topological polar surface area (TPSA) is 66.8 Å². The average Bonchev–Trinajstić information content (AvgIpc) is 3.28. The molecule has 4 nitrogen and oxygen atoms in total. The molecule has 0 aromatic rings. The van der Waals surface area contributed by atoms with Crippen molar-refractivity contribution in [3.8, 4) is 0 Å². The Kier molecular flexibility index (Phi) is 4.21. The highest BCUT2D eigenvalue weighted by Gasteiger charge is 2.87. The number of aliphatic hydroxyl groups excluding tert-OH is 1. The second kappa shape index (κ2) is 6.23. The van der Waals surface area contributed by atoms with Crippen molar-refractivity contribution >= 4 is 5.78 Å². The van der Waals surface area contributed by atoms with E-state index in [9.17, 15) is 15.0 Å². The summed E-state index contributed by atoms with van der Waals surface area (Å²) in [7, 11) is 0. The van der Waals surface area contributed by atoms with E-state index in [1.54, 1.807) is 0 Å². The maximum absolute atomic E-state index is 13.0. The molecule has 12 atom stereocenters. The minimum Gasteiger partial charge on any atom is -0.390 e. The second-order valence-corrected chi connectivity index (χ2v) is 16.2. The predicted molar refractivity (Wildman–Crippen MR) is 134 cm³/mol. The van der Waals surface area contributed by atoms with Crippen molar-refractivity contribution in [3.63, 3.8) is 0 Å². The molecule has 0 amide bonds. The van der Waals surface area contributed by atoms with Crippen molar-refractivity contribution in [2.24, 2.45) is 56.7 Å². The maximum atomic E-state index is 13.0. The standard InChI is InChI=1S/C31H48O4/c1-17-14-19-18(26(4,5)34)15-31(35-19)23(17)27(6)12-13-30-16-29(30)11-10-22(32)25(2,3)20(29)8-9-21(30)28(27,7)24(31)33/h17-21,23-24,33-34H,8-16H2,1-7H3/t17-,18+,19-,20+,21+,23-,24-,27-,28-,29-,30+,31-/m1/s1. The molecule has 5 aliphatic carbocycles. The van der Waals surface area contributed by atoms with E-state index in [1.165, 1.54) is 12.8 Å². The van der Waals surface area contributed by atoms with Gasteiger partial charge < -0.3 is 14.9 Å². The normalized spacial score (nSPS) is 61.9. The van der Waals surface area contributed by atoms with E-state index in [-0.39, 0.29) is 28.3 Å². The molecule has 2 saturated heterocycles. The molecule has 2 N–H and O–H groups in total. The molecule has 0 aromatic heterocycles. The van der Waals surface area contributed by atoms with Gasteiger partial charge in [-0.3, -0.25) is 4.79 Å². The van der Waals surface area contributed by atoms with Crippen molar-refractivity contribution in [2.45, 2.75) is 130 Å². The van der Waals surface area contributed by atoms with E-state index < -0.39 is 17.3 Å². The zero-order valence-corrected chi connectivity index (χ0v) is 23.1. The fraction of sp³-hybridized carbons (Fsp3) is 0.968. The van der Waals surface area contributed by atoms with Crippen LogP contribution in [0.25, 0.3) is 0 Å². The Bertz CT molecular complexity index is 996. The first-order valence-electron chi connectivity index (χ1n) is 14.7. The van der Waals surface area contributed by atoms with Gasteiger partial charge in [0.25, 0.3) is 0 Å². The van der Waals surface area contributed by atoms with Gasteiger partial charge in [0.15, 0.2) is 0 Å². The number of hydrogen-bond acceptors (Lipinski definition) is 4. The van der Waals surface area contributed by atoms with E-state index in [2.05, 4.69) is 34.6 Å². The Morgan fingerprint density at radius 1 is 1.00 bits per heavy atom. The predicted octanol–water partition coefficient (Wildman–Crippen LogP) is 5.53. The summed E-state index contributed by atoms with van der Waals surface area (Å²) >= 11 is 0. The minimum atomic E-state index is -0.794. The number of rotatable bonds is 1. The summed E-state index contributed by atoms with van der Waals surface area (Å²) in [6, 6.07) is 0. The van der Waals surface area contributed by atoms with Gasteiger partial charge in [-0.1, -0.05) is 34.6 Å². The van der Waals surface area contributed by atoms with Crippen LogP contribution in [-0.2, 0) is 9.53 Å². The van der Waals surface area contributed by atoms with Gasteiger partial charge in [0.1, 0.15) is 5.78 Å². The van der Waals surface area contributed by atoms with Crippen molar-refractivity contribution in [1.82, 2.24) is 0 Å². The number of ether oxygens (including phenoxy) is 1. The highest BCUT2D eigenvalue weighted by molar-refractivity contribution is 5.86. The molecule has 0 unspecified atom stereocenters. The van der Waals surface area contributed by atoms with Crippen LogP contribution >= 0.6 is 0 Å². The largest absolute Gasteiger partial charge is 0.390 e. The van der Waals surface area contributed by atoms with Gasteiger partial charge in [0.05, 0.1) is 23.4 Å². The smallest absolute Gasteiger partial charge is 0.138 e. The molecular formula is C31H48O4. The Labute approximate surface area is 212 Å². The third-order valence-electron chi connectivity index (χ3n) is 14.7. The molecule has 4 heteroatoms. The van der Waals surface area contributed by atoms with Crippen molar-refractivity contribution < 1.29 is 19.7 Å². The quantitative estimate of drug-likeness (QED) is 0.514. The summed E-state index contributed by atoms with van der Waals surface area (Å²) in [6.07, 6.45) is 9.13. The summed E-state index contributed by atoms with van der Waals surface area (Å²) in [6.45, 7) is 15.7. The van der Waals surface area contributed by atoms with E-state index in [4.69, 9.17) is 4.74 Å². The van der Waals surface area contributed by atoms with Crippen LogP contribution in [0, 0.1) is 56.7 Å². The molecule has 0 aromatic carbocycles. The van der Waals surface area contributed by atoms with E-state index in [0.717, 1.165) is 44.9 Å². The lowest BCUT2D eigenvalue weighted by molar-refractivity contribution is -0.187. The first-order chi connectivity index (χ1) is 16.1. The number of aliphatic hydroxyl groups is 2. The summed E-state index contributed by atoms with van der Waals surface area (Å²) in [4.78, 5) is 13.0. The fourth-order valence-corrected chi connectivity index (χ4v) is 13.3. The fourth-order valence-electron chi connectivity index (χ4n) is 13.3. The molecule has 196 valence electrons. The van der Waals surface area contributed by atoms with Crippen molar-refractivity contribution in [2.75, 3.05) is 0 Å². The summed E-state index contributed by atoms with van der Waals surface area (Å²) in [5, 5.41) is 23.7. The second-order valence-electron chi connectivity index (χ2n) is 16.2. The van der Waals surface area contributed by atoms with Gasteiger partial charge in [-0.2, -0.15) is 0 Å². The van der Waals surface area contributed by atoms with Crippen LogP contribution in [0.15, 0.2) is 0 Å². The highest BCUT2D eigenvalue weighted by atomic mass is 16.5. The van der Waals surface area contributed by atoms with Crippen molar-refractivity contribution in [3.05, 3.63) is 0 Å². The van der Waals surface area contributed by atoms with E-state index >= 15 is 0 Å². The van der Waals surface area contributed by atoms with Gasteiger partial charge >= 0.3 is 0 Å². The SMILES string of the molecule is C[C@@H]1C[C@H]2O[C@@]3(C[C@@H]2C(C)(C)O)[C@H](O)[C@@]2(C)[C@@H]4CC[C@H]5C(C)(C)C(=O)CC[C@@]56C[C@@]46CC[C@]2(C)[C@@H]13. The molecule has 7 aliphatic rings. The van der Waals surface area contributed by atoms with Gasteiger partial charge in [0.2, 0.25) is 0 Å². The molecule has 2 aliphatic heterocycles. The number of fused-ring (bicyclic) bond motifs is 4. The van der Waals surface area contributed by atoms with Crippen LogP contribution in [0.3, 0.4) is 0 Å². The lowest BCUT2D eigenvalue weighted by atomic mass is 9.41.